The molecule has 4 aromatic rings. The third-order valence-corrected chi connectivity index (χ3v) is 5.03. The highest BCUT2D eigenvalue weighted by Crippen LogP contribution is 2.29. The van der Waals surface area contributed by atoms with Gasteiger partial charge in [0.05, 0.1) is 17.1 Å². The summed E-state index contributed by atoms with van der Waals surface area (Å²) in [6, 6.07) is 26.2. The maximum absolute atomic E-state index is 6.03. The Balaban J connectivity index is 1.63. The Morgan fingerprint density at radius 1 is 0.889 bits per heavy atom. The summed E-state index contributed by atoms with van der Waals surface area (Å²) in [6.07, 6.45) is 0.768. The molecule has 5 heteroatoms. The standard InChI is InChI=1S/C22H17ClN4/c23-16-10-12-17(13-11-16)24-22-26-19(15-6-2-1-3-7-15)14-21-25-18-8-4-5-9-20(18)27(21)22/h1-13,19H,14H2,(H,24,26). The van der Waals surface area contributed by atoms with Crippen molar-refractivity contribution in [3.8, 4) is 0 Å². The Labute approximate surface area is 162 Å². The van der Waals surface area contributed by atoms with Crippen LogP contribution in [0.25, 0.3) is 11.0 Å². The molecule has 0 fully saturated rings. The van der Waals surface area contributed by atoms with Crippen LogP contribution in [0.2, 0.25) is 5.02 Å². The van der Waals surface area contributed by atoms with Gasteiger partial charge in [-0.05, 0) is 42.0 Å². The second kappa shape index (κ2) is 6.56. The molecule has 1 aromatic heterocycles. The van der Waals surface area contributed by atoms with Crippen LogP contribution in [0.1, 0.15) is 17.4 Å². The third kappa shape index (κ3) is 2.98. The van der Waals surface area contributed by atoms with Crippen molar-refractivity contribution < 1.29 is 0 Å². The van der Waals surface area contributed by atoms with Gasteiger partial charge in [0.15, 0.2) is 0 Å². The fourth-order valence-corrected chi connectivity index (χ4v) is 3.62. The van der Waals surface area contributed by atoms with Gasteiger partial charge in [0.2, 0.25) is 5.96 Å². The first kappa shape index (κ1) is 16.1. The average molecular weight is 373 g/mol. The van der Waals surface area contributed by atoms with E-state index in [9.17, 15) is 0 Å². The molecule has 0 aliphatic carbocycles. The summed E-state index contributed by atoms with van der Waals surface area (Å²) in [5.74, 6) is 1.79. The number of hydrogen-bond acceptors (Lipinski definition) is 3. The minimum Gasteiger partial charge on any atom is -0.326 e. The quantitative estimate of drug-likeness (QED) is 0.518. The summed E-state index contributed by atoms with van der Waals surface area (Å²) < 4.78 is 2.11. The second-order valence-electron chi connectivity index (χ2n) is 6.57. The Morgan fingerprint density at radius 2 is 1.63 bits per heavy atom. The van der Waals surface area contributed by atoms with E-state index in [0.717, 1.165) is 34.9 Å². The number of aromatic nitrogens is 2. The topological polar surface area (TPSA) is 42.2 Å². The van der Waals surface area contributed by atoms with Crippen LogP contribution >= 0.6 is 11.6 Å². The molecule has 0 saturated carbocycles. The van der Waals surface area contributed by atoms with Gasteiger partial charge in [-0.25, -0.2) is 9.98 Å². The van der Waals surface area contributed by atoms with Gasteiger partial charge < -0.3 is 5.32 Å². The van der Waals surface area contributed by atoms with Crippen LogP contribution in [0, 0.1) is 0 Å². The lowest BCUT2D eigenvalue weighted by atomic mass is 10.0. The molecule has 1 N–H and O–H groups in total. The smallest absolute Gasteiger partial charge is 0.209 e. The van der Waals surface area contributed by atoms with Gasteiger partial charge in [0, 0.05) is 17.1 Å². The van der Waals surface area contributed by atoms with E-state index in [2.05, 4.69) is 40.2 Å². The molecule has 0 spiro atoms. The maximum atomic E-state index is 6.03. The summed E-state index contributed by atoms with van der Waals surface area (Å²) in [4.78, 5) is 9.88. The van der Waals surface area contributed by atoms with Crippen molar-refractivity contribution in [1.82, 2.24) is 9.55 Å². The van der Waals surface area contributed by atoms with Gasteiger partial charge >= 0.3 is 0 Å². The predicted octanol–water partition coefficient (Wildman–Crippen LogP) is 5.30. The molecule has 132 valence electrons. The lowest BCUT2D eigenvalue weighted by molar-refractivity contribution is 0.657. The van der Waals surface area contributed by atoms with Crippen molar-refractivity contribution in [3.05, 3.63) is 95.3 Å². The fraction of sp³-hybridized carbons (Fsp3) is 0.0909. The van der Waals surface area contributed by atoms with Crippen LogP contribution in [0.5, 0.6) is 0 Å². The SMILES string of the molecule is Clc1ccc(NC2=NC(c3ccccc3)Cc3nc4ccccc4n32)cc1. The predicted molar refractivity (Wildman–Crippen MR) is 111 cm³/mol. The third-order valence-electron chi connectivity index (χ3n) is 4.78. The van der Waals surface area contributed by atoms with Crippen LogP contribution in [0.4, 0.5) is 5.69 Å². The van der Waals surface area contributed by atoms with E-state index in [1.807, 2.05) is 48.5 Å². The number of fused-ring (bicyclic) bond motifs is 3. The van der Waals surface area contributed by atoms with Crippen LogP contribution in [0.15, 0.2) is 83.9 Å². The Bertz CT molecular complexity index is 1130. The van der Waals surface area contributed by atoms with Crippen molar-refractivity contribution in [2.75, 3.05) is 5.32 Å². The number of para-hydroxylation sites is 2. The molecule has 0 saturated heterocycles. The molecular weight excluding hydrogens is 356 g/mol. The molecular formula is C22H17ClN4. The van der Waals surface area contributed by atoms with Crippen LogP contribution < -0.4 is 5.32 Å². The lowest BCUT2D eigenvalue weighted by Gasteiger charge is -2.24. The minimum absolute atomic E-state index is 0.0327. The zero-order valence-electron chi connectivity index (χ0n) is 14.5. The first-order valence-electron chi connectivity index (χ1n) is 8.90. The summed E-state index contributed by atoms with van der Waals surface area (Å²) in [5, 5.41) is 4.17. The number of benzene rings is 3. The first-order chi connectivity index (χ1) is 13.3. The molecule has 1 aliphatic rings. The summed E-state index contributed by atoms with van der Waals surface area (Å²) in [7, 11) is 0. The largest absolute Gasteiger partial charge is 0.326 e. The fourth-order valence-electron chi connectivity index (χ4n) is 3.49. The van der Waals surface area contributed by atoms with Crippen molar-refractivity contribution in [1.29, 1.82) is 0 Å². The maximum Gasteiger partial charge on any atom is 0.209 e. The number of hydrogen-bond donors (Lipinski definition) is 1. The molecule has 27 heavy (non-hydrogen) atoms. The molecule has 0 bridgehead atoms. The van der Waals surface area contributed by atoms with Crippen molar-refractivity contribution in [2.45, 2.75) is 12.5 Å². The molecule has 1 unspecified atom stereocenters. The molecule has 0 amide bonds. The van der Waals surface area contributed by atoms with Crippen LogP contribution in [-0.2, 0) is 6.42 Å². The molecule has 1 atom stereocenters. The van der Waals surface area contributed by atoms with E-state index in [-0.39, 0.29) is 6.04 Å². The summed E-state index contributed by atoms with van der Waals surface area (Å²) in [6.45, 7) is 0. The highest BCUT2D eigenvalue weighted by atomic mass is 35.5. The van der Waals surface area contributed by atoms with Gasteiger partial charge in [0.1, 0.15) is 5.82 Å². The average Bonchev–Trinajstić information content (AvgIpc) is 3.09. The summed E-state index contributed by atoms with van der Waals surface area (Å²) >= 11 is 6.03. The van der Waals surface area contributed by atoms with Gasteiger partial charge in [-0.3, -0.25) is 4.57 Å². The number of aliphatic imine (C=N–C) groups is 1. The zero-order chi connectivity index (χ0) is 18.2. The van der Waals surface area contributed by atoms with Crippen molar-refractivity contribution >= 4 is 34.3 Å². The Hall–Kier alpha value is -3.11. The van der Waals surface area contributed by atoms with Crippen LogP contribution in [-0.4, -0.2) is 15.5 Å². The van der Waals surface area contributed by atoms with Crippen molar-refractivity contribution in [2.24, 2.45) is 4.99 Å². The van der Waals surface area contributed by atoms with E-state index >= 15 is 0 Å². The molecule has 2 heterocycles. The number of anilines is 1. The van der Waals surface area contributed by atoms with E-state index < -0.39 is 0 Å². The van der Waals surface area contributed by atoms with Gasteiger partial charge in [-0.2, -0.15) is 0 Å². The summed E-state index contributed by atoms with van der Waals surface area (Å²) in [5.41, 5.74) is 4.16. The van der Waals surface area contributed by atoms with Crippen molar-refractivity contribution in [3.63, 3.8) is 0 Å². The molecule has 5 rings (SSSR count). The van der Waals surface area contributed by atoms with E-state index in [1.165, 1.54) is 5.56 Å². The Kier molecular flexibility index (Phi) is 3.91. The normalized spacial score (nSPS) is 16.0. The van der Waals surface area contributed by atoms with Gasteiger partial charge in [0.25, 0.3) is 0 Å². The lowest BCUT2D eigenvalue weighted by Crippen LogP contribution is -2.29. The van der Waals surface area contributed by atoms with Gasteiger partial charge in [-0.15, -0.1) is 0 Å². The van der Waals surface area contributed by atoms with Crippen LogP contribution in [0.3, 0.4) is 0 Å². The number of nitrogens with zero attached hydrogens (tertiary/aromatic N) is 3. The Morgan fingerprint density at radius 3 is 2.44 bits per heavy atom. The molecule has 0 radical (unpaired) electrons. The van der Waals surface area contributed by atoms with E-state index in [0.29, 0.717) is 5.02 Å². The molecule has 1 aliphatic heterocycles. The molecule has 3 aromatic carbocycles. The van der Waals surface area contributed by atoms with E-state index in [1.54, 1.807) is 0 Å². The number of halogens is 1. The van der Waals surface area contributed by atoms with Gasteiger partial charge in [-0.1, -0.05) is 54.1 Å². The zero-order valence-corrected chi connectivity index (χ0v) is 15.3. The van der Waals surface area contributed by atoms with E-state index in [4.69, 9.17) is 21.6 Å². The second-order valence-corrected chi connectivity index (χ2v) is 7.00. The monoisotopic (exact) mass is 372 g/mol. The minimum atomic E-state index is 0.0327. The number of rotatable bonds is 2. The molecule has 4 nitrogen and oxygen atoms in total. The number of nitrogens with one attached hydrogen (secondary N) is 1. The highest BCUT2D eigenvalue weighted by molar-refractivity contribution is 6.30. The first-order valence-corrected chi connectivity index (χ1v) is 9.28. The number of imidazole rings is 1. The highest BCUT2D eigenvalue weighted by Gasteiger charge is 2.25.